The molecule has 6 nitrogen and oxygen atoms in total. The maximum absolute atomic E-state index is 5.90. The van der Waals surface area contributed by atoms with Gasteiger partial charge in [-0.3, -0.25) is 0 Å². The number of aryl methyl sites for hydroxylation is 1. The van der Waals surface area contributed by atoms with E-state index in [1.807, 2.05) is 25.1 Å². The largest absolute Gasteiger partial charge is 0.437 e. The molecule has 0 amide bonds. The maximum Gasteiger partial charge on any atom is 0.229 e. The van der Waals surface area contributed by atoms with E-state index in [1.54, 1.807) is 12.1 Å². The number of hydrogen-bond donors (Lipinski definition) is 2. The number of furan rings is 2. The zero-order chi connectivity index (χ0) is 15.7. The summed E-state index contributed by atoms with van der Waals surface area (Å²) >= 11 is 0. The van der Waals surface area contributed by atoms with Crippen molar-refractivity contribution < 1.29 is 8.83 Å². The van der Waals surface area contributed by atoms with Crippen molar-refractivity contribution in [3.63, 3.8) is 0 Å². The van der Waals surface area contributed by atoms with Crippen LogP contribution in [0.15, 0.2) is 39.2 Å². The summed E-state index contributed by atoms with van der Waals surface area (Å²) < 4.78 is 11.8. The van der Waals surface area contributed by atoms with E-state index in [1.165, 1.54) is 0 Å². The third kappa shape index (κ3) is 1.52. The van der Waals surface area contributed by atoms with E-state index >= 15 is 0 Å². The van der Waals surface area contributed by atoms with Crippen molar-refractivity contribution in [2.75, 3.05) is 11.5 Å². The van der Waals surface area contributed by atoms with Gasteiger partial charge < -0.3 is 20.3 Å². The molecule has 0 spiro atoms. The molecular weight excluding hydrogens is 292 g/mol. The van der Waals surface area contributed by atoms with E-state index < -0.39 is 0 Å². The highest BCUT2D eigenvalue weighted by molar-refractivity contribution is 6.16. The first kappa shape index (κ1) is 12.3. The van der Waals surface area contributed by atoms with Gasteiger partial charge in [0, 0.05) is 27.1 Å². The smallest absolute Gasteiger partial charge is 0.229 e. The van der Waals surface area contributed by atoms with Crippen molar-refractivity contribution in [1.29, 1.82) is 0 Å². The molecule has 112 valence electrons. The maximum atomic E-state index is 5.90. The molecule has 4 N–H and O–H groups in total. The fourth-order valence-electron chi connectivity index (χ4n) is 3.11. The second-order valence-electron chi connectivity index (χ2n) is 5.64. The average Bonchev–Trinajstić information content (AvgIpc) is 3.05. The van der Waals surface area contributed by atoms with Crippen LogP contribution in [0.1, 0.15) is 5.56 Å². The molecule has 0 saturated heterocycles. The lowest BCUT2D eigenvalue weighted by Gasteiger charge is -1.96. The first-order valence-corrected chi connectivity index (χ1v) is 7.19. The molecule has 5 rings (SSSR count). The van der Waals surface area contributed by atoms with Crippen molar-refractivity contribution in [2.24, 2.45) is 0 Å². The van der Waals surface area contributed by atoms with Gasteiger partial charge >= 0.3 is 0 Å². The number of rotatable bonds is 0. The Balaban J connectivity index is 2.03. The molecule has 0 atom stereocenters. The molecule has 0 fully saturated rings. The minimum atomic E-state index is 0.433. The topological polar surface area (TPSA) is 104 Å². The van der Waals surface area contributed by atoms with Crippen LogP contribution in [0, 0.1) is 6.92 Å². The number of nitrogen functional groups attached to an aromatic ring is 2. The normalized spacial score (nSPS) is 12.0. The first-order chi connectivity index (χ1) is 11.1. The van der Waals surface area contributed by atoms with Gasteiger partial charge in [-0.05, 0) is 37.3 Å². The fourth-order valence-corrected chi connectivity index (χ4v) is 3.11. The Morgan fingerprint density at radius 1 is 0.739 bits per heavy atom. The standard InChI is InChI=1S/C17H12N4O2/c1-7-14-10(8-2-4-12(18)20-16(8)22-14)6-11-9-3-5-13(19)21-17(9)23-15(7)11/h2-6H,1H3,(H2,18,20)(H2,19,21). The van der Waals surface area contributed by atoms with Crippen LogP contribution in [-0.2, 0) is 0 Å². The van der Waals surface area contributed by atoms with E-state index in [2.05, 4.69) is 9.97 Å². The zero-order valence-corrected chi connectivity index (χ0v) is 12.3. The van der Waals surface area contributed by atoms with Crippen LogP contribution in [0.25, 0.3) is 44.1 Å². The van der Waals surface area contributed by atoms with Crippen LogP contribution in [-0.4, -0.2) is 9.97 Å². The number of benzene rings is 1. The Hall–Kier alpha value is -3.28. The molecule has 4 aromatic heterocycles. The van der Waals surface area contributed by atoms with E-state index in [0.29, 0.717) is 23.1 Å². The predicted octanol–water partition coefficient (Wildman–Crippen LogP) is 3.75. The minimum Gasteiger partial charge on any atom is -0.437 e. The number of nitrogens with zero attached hydrogens (tertiary/aromatic N) is 2. The number of aromatic nitrogens is 2. The van der Waals surface area contributed by atoms with Crippen molar-refractivity contribution in [2.45, 2.75) is 6.92 Å². The molecule has 5 aromatic rings. The number of nitrogens with two attached hydrogens (primary N) is 2. The third-order valence-corrected chi connectivity index (χ3v) is 4.20. The van der Waals surface area contributed by atoms with Gasteiger partial charge in [0.25, 0.3) is 0 Å². The molecule has 0 saturated carbocycles. The van der Waals surface area contributed by atoms with Gasteiger partial charge in [0.05, 0.1) is 0 Å². The molecule has 0 unspecified atom stereocenters. The van der Waals surface area contributed by atoms with Crippen LogP contribution < -0.4 is 11.5 Å². The Bertz CT molecular complexity index is 1160. The second-order valence-corrected chi connectivity index (χ2v) is 5.64. The van der Waals surface area contributed by atoms with Gasteiger partial charge in [0.2, 0.25) is 11.4 Å². The molecule has 6 heteroatoms. The third-order valence-electron chi connectivity index (χ3n) is 4.20. The van der Waals surface area contributed by atoms with Crippen molar-refractivity contribution in [1.82, 2.24) is 9.97 Å². The van der Waals surface area contributed by atoms with Crippen molar-refractivity contribution >= 4 is 55.8 Å². The summed E-state index contributed by atoms with van der Waals surface area (Å²) in [6, 6.07) is 9.44. The van der Waals surface area contributed by atoms with E-state index in [4.69, 9.17) is 20.3 Å². The quantitative estimate of drug-likeness (QED) is 0.451. The average molecular weight is 304 g/mol. The monoisotopic (exact) mass is 304 g/mol. The molecule has 0 bridgehead atoms. The second kappa shape index (κ2) is 3.92. The zero-order valence-electron chi connectivity index (χ0n) is 12.3. The lowest BCUT2D eigenvalue weighted by molar-refractivity contribution is 0.637. The van der Waals surface area contributed by atoms with Crippen LogP contribution in [0.4, 0.5) is 11.6 Å². The highest BCUT2D eigenvalue weighted by Crippen LogP contribution is 2.38. The van der Waals surface area contributed by atoms with Crippen molar-refractivity contribution in [3.05, 3.63) is 35.9 Å². The van der Waals surface area contributed by atoms with Crippen LogP contribution in [0.5, 0.6) is 0 Å². The van der Waals surface area contributed by atoms with Gasteiger partial charge in [-0.25, -0.2) is 0 Å². The molecule has 0 aliphatic rings. The van der Waals surface area contributed by atoms with Gasteiger partial charge in [-0.15, -0.1) is 0 Å². The van der Waals surface area contributed by atoms with Crippen LogP contribution >= 0.6 is 0 Å². The van der Waals surface area contributed by atoms with Crippen molar-refractivity contribution in [3.8, 4) is 0 Å². The van der Waals surface area contributed by atoms with E-state index in [-0.39, 0.29) is 0 Å². The molecule has 1 aromatic carbocycles. The van der Waals surface area contributed by atoms with Crippen LogP contribution in [0.2, 0.25) is 0 Å². The lowest BCUT2D eigenvalue weighted by atomic mass is 10.1. The van der Waals surface area contributed by atoms with Gasteiger partial charge in [-0.1, -0.05) is 0 Å². The molecule has 4 heterocycles. The van der Waals surface area contributed by atoms with E-state index in [0.717, 1.165) is 38.3 Å². The van der Waals surface area contributed by atoms with Crippen LogP contribution in [0.3, 0.4) is 0 Å². The van der Waals surface area contributed by atoms with Gasteiger partial charge in [-0.2, -0.15) is 9.97 Å². The lowest BCUT2D eigenvalue weighted by Crippen LogP contribution is -1.87. The summed E-state index contributed by atoms with van der Waals surface area (Å²) in [7, 11) is 0. The molecule has 0 radical (unpaired) electrons. The number of anilines is 2. The summed E-state index contributed by atoms with van der Waals surface area (Å²) in [5, 5.41) is 3.82. The summed E-state index contributed by atoms with van der Waals surface area (Å²) in [5.74, 6) is 0.867. The van der Waals surface area contributed by atoms with Gasteiger partial charge in [0.1, 0.15) is 22.8 Å². The highest BCUT2D eigenvalue weighted by Gasteiger charge is 2.18. The minimum absolute atomic E-state index is 0.433. The summed E-state index contributed by atoms with van der Waals surface area (Å²) in [5.41, 5.74) is 14.9. The molecular formula is C17H12N4O2. The molecule has 23 heavy (non-hydrogen) atoms. The Labute approximate surface area is 129 Å². The molecule has 0 aliphatic heterocycles. The summed E-state index contributed by atoms with van der Waals surface area (Å²) in [6.07, 6.45) is 0. The number of hydrogen-bond acceptors (Lipinski definition) is 6. The van der Waals surface area contributed by atoms with E-state index in [9.17, 15) is 0 Å². The fraction of sp³-hybridized carbons (Fsp3) is 0.0588. The Morgan fingerprint density at radius 2 is 1.22 bits per heavy atom. The highest BCUT2D eigenvalue weighted by atomic mass is 16.4. The Morgan fingerprint density at radius 3 is 1.70 bits per heavy atom. The number of fused-ring (bicyclic) bond motifs is 6. The summed E-state index contributed by atoms with van der Waals surface area (Å²) in [6.45, 7) is 1.96. The number of pyridine rings is 2. The van der Waals surface area contributed by atoms with Gasteiger partial charge in [0.15, 0.2) is 0 Å². The Kier molecular flexibility index (Phi) is 2.09. The molecule has 0 aliphatic carbocycles. The first-order valence-electron chi connectivity index (χ1n) is 7.19. The SMILES string of the molecule is Cc1c2oc3nc(N)ccc3c2cc2c1oc1nc(N)ccc12. The predicted molar refractivity (Wildman–Crippen MR) is 90.1 cm³/mol. The summed E-state index contributed by atoms with van der Waals surface area (Å²) in [4.78, 5) is 8.51.